The first kappa shape index (κ1) is 18.7. The van der Waals surface area contributed by atoms with Crippen LogP contribution in [0.4, 0.5) is 0 Å². The lowest BCUT2D eigenvalue weighted by Crippen LogP contribution is -2.24. The second-order valence-electron chi connectivity index (χ2n) is 9.06. The Morgan fingerprint density at radius 2 is 1.32 bits per heavy atom. The van der Waals surface area contributed by atoms with Crippen molar-refractivity contribution < 1.29 is 0 Å². The predicted octanol–water partition coefficient (Wildman–Crippen LogP) is 6.71. The molecule has 3 unspecified atom stereocenters. The first-order valence-corrected chi connectivity index (χ1v) is 7.99. The van der Waals surface area contributed by atoms with Crippen molar-refractivity contribution in [2.45, 2.75) is 82.1 Å². The molecule has 0 radical (unpaired) electrons. The van der Waals surface area contributed by atoms with Gasteiger partial charge in [0, 0.05) is 0 Å². The molecular formula is C19H38. The Labute approximate surface area is 123 Å². The van der Waals surface area contributed by atoms with E-state index in [0.29, 0.717) is 16.7 Å². The first-order chi connectivity index (χ1) is 8.34. The van der Waals surface area contributed by atoms with Crippen LogP contribution in [-0.4, -0.2) is 0 Å². The van der Waals surface area contributed by atoms with Crippen LogP contribution < -0.4 is 0 Å². The third-order valence-electron chi connectivity index (χ3n) is 4.54. The van der Waals surface area contributed by atoms with Crippen molar-refractivity contribution in [3.8, 4) is 0 Å². The van der Waals surface area contributed by atoms with Gasteiger partial charge in [-0.3, -0.25) is 0 Å². The Balaban J connectivity index is 4.66. The molecule has 0 saturated heterocycles. The maximum Gasteiger partial charge on any atom is -0.0180 e. The van der Waals surface area contributed by atoms with E-state index < -0.39 is 0 Å². The van der Waals surface area contributed by atoms with Crippen molar-refractivity contribution in [1.82, 2.24) is 0 Å². The summed E-state index contributed by atoms with van der Waals surface area (Å²) in [6.07, 6.45) is 5.14. The van der Waals surface area contributed by atoms with Gasteiger partial charge in [-0.2, -0.15) is 0 Å². The molecule has 19 heavy (non-hydrogen) atoms. The van der Waals surface area contributed by atoms with E-state index in [0.717, 1.165) is 11.8 Å². The van der Waals surface area contributed by atoms with Gasteiger partial charge in [-0.05, 0) is 55.3 Å². The van der Waals surface area contributed by atoms with Crippen molar-refractivity contribution in [1.29, 1.82) is 0 Å². The van der Waals surface area contributed by atoms with E-state index >= 15 is 0 Å². The van der Waals surface area contributed by atoms with E-state index in [2.05, 4.69) is 75.3 Å². The van der Waals surface area contributed by atoms with Gasteiger partial charge >= 0.3 is 0 Å². The van der Waals surface area contributed by atoms with Gasteiger partial charge in [-0.15, -0.1) is 0 Å². The summed E-state index contributed by atoms with van der Waals surface area (Å²) in [5.74, 6) is 2.28. The van der Waals surface area contributed by atoms with E-state index in [4.69, 9.17) is 0 Å². The van der Waals surface area contributed by atoms with Gasteiger partial charge in [-0.1, -0.05) is 67.0 Å². The molecule has 0 aromatic rings. The summed E-state index contributed by atoms with van der Waals surface area (Å²) in [7, 11) is 0. The lowest BCUT2D eigenvalue weighted by molar-refractivity contribution is 0.185. The molecule has 0 aliphatic heterocycles. The summed E-state index contributed by atoms with van der Waals surface area (Å²) < 4.78 is 0. The van der Waals surface area contributed by atoms with Gasteiger partial charge in [0.05, 0.1) is 0 Å². The van der Waals surface area contributed by atoms with E-state index in [-0.39, 0.29) is 0 Å². The molecular weight excluding hydrogens is 228 g/mol. The minimum absolute atomic E-state index is 0.372. The second-order valence-corrected chi connectivity index (χ2v) is 9.06. The Morgan fingerprint density at radius 1 is 0.842 bits per heavy atom. The Morgan fingerprint density at radius 3 is 1.63 bits per heavy atom. The minimum Gasteiger partial charge on any atom is -0.0822 e. The van der Waals surface area contributed by atoms with Crippen LogP contribution in [0.1, 0.15) is 82.1 Å². The summed E-state index contributed by atoms with van der Waals surface area (Å²) in [4.78, 5) is 0. The molecule has 3 atom stereocenters. The third kappa shape index (κ3) is 7.80. The molecule has 0 nitrogen and oxygen atoms in total. The molecule has 0 aliphatic carbocycles. The van der Waals surface area contributed by atoms with Crippen LogP contribution in [0.5, 0.6) is 0 Å². The highest BCUT2D eigenvalue weighted by Gasteiger charge is 2.27. The summed E-state index contributed by atoms with van der Waals surface area (Å²) >= 11 is 0. The number of allylic oxidation sites excluding steroid dienone is 2. The van der Waals surface area contributed by atoms with Gasteiger partial charge in [-0.25, -0.2) is 0 Å². The molecule has 0 rings (SSSR count). The molecule has 0 aliphatic rings. The molecule has 0 bridgehead atoms. The van der Waals surface area contributed by atoms with Crippen LogP contribution in [0.2, 0.25) is 0 Å². The van der Waals surface area contributed by atoms with Crippen LogP contribution in [0.15, 0.2) is 11.6 Å². The molecule has 0 aromatic carbocycles. The second kappa shape index (κ2) is 6.95. The van der Waals surface area contributed by atoms with Crippen LogP contribution in [0, 0.1) is 28.6 Å². The number of rotatable bonds is 5. The van der Waals surface area contributed by atoms with Crippen LogP contribution in [-0.2, 0) is 0 Å². The monoisotopic (exact) mass is 266 g/mol. The standard InChI is InChI=1S/C19H38/c1-14(2)11-17(19(8,9)10)13-15(3)12-16(4)18(5,6)7/h11,15-17H,12-13H2,1-10H3. The van der Waals surface area contributed by atoms with Crippen molar-refractivity contribution in [2.24, 2.45) is 28.6 Å². The van der Waals surface area contributed by atoms with Crippen molar-refractivity contribution in [3.63, 3.8) is 0 Å². The average molecular weight is 267 g/mol. The number of hydrogen-bond acceptors (Lipinski definition) is 0. The highest BCUT2D eigenvalue weighted by atomic mass is 14.3. The fourth-order valence-corrected chi connectivity index (χ4v) is 2.56. The average Bonchev–Trinajstić information content (AvgIpc) is 2.12. The zero-order chi connectivity index (χ0) is 15.4. The summed E-state index contributed by atoms with van der Waals surface area (Å²) in [5, 5.41) is 0. The maximum atomic E-state index is 2.48. The van der Waals surface area contributed by atoms with Crippen molar-refractivity contribution >= 4 is 0 Å². The molecule has 0 saturated carbocycles. The van der Waals surface area contributed by atoms with Gasteiger partial charge in [0.15, 0.2) is 0 Å². The van der Waals surface area contributed by atoms with Crippen molar-refractivity contribution in [2.75, 3.05) is 0 Å². The molecule has 0 N–H and O–H groups in total. The summed E-state index contributed by atoms with van der Waals surface area (Å²) in [5.41, 5.74) is 2.26. The maximum absolute atomic E-state index is 2.48. The predicted molar refractivity (Wildman–Crippen MR) is 89.4 cm³/mol. The highest BCUT2D eigenvalue weighted by molar-refractivity contribution is 5.01. The van der Waals surface area contributed by atoms with Gasteiger partial charge < -0.3 is 0 Å². The zero-order valence-electron chi connectivity index (χ0n) is 15.2. The third-order valence-corrected chi connectivity index (χ3v) is 4.54. The first-order valence-electron chi connectivity index (χ1n) is 7.99. The fraction of sp³-hybridized carbons (Fsp3) is 0.895. The van der Waals surface area contributed by atoms with Crippen LogP contribution in [0.25, 0.3) is 0 Å². The largest absolute Gasteiger partial charge is 0.0822 e. The fourth-order valence-electron chi connectivity index (χ4n) is 2.56. The quantitative estimate of drug-likeness (QED) is 0.485. The SMILES string of the molecule is CC(C)=CC(CC(C)CC(C)C(C)(C)C)C(C)(C)C. The van der Waals surface area contributed by atoms with Gasteiger partial charge in [0.25, 0.3) is 0 Å². The van der Waals surface area contributed by atoms with E-state index in [1.165, 1.54) is 18.4 Å². The lowest BCUT2D eigenvalue weighted by Gasteiger charge is -2.34. The topological polar surface area (TPSA) is 0 Å². The normalized spacial score (nSPS) is 17.8. The van der Waals surface area contributed by atoms with Gasteiger partial charge in [0.2, 0.25) is 0 Å². The molecule has 0 amide bonds. The van der Waals surface area contributed by atoms with E-state index in [9.17, 15) is 0 Å². The molecule has 0 fully saturated rings. The highest BCUT2D eigenvalue weighted by Crippen LogP contribution is 2.37. The minimum atomic E-state index is 0.372. The van der Waals surface area contributed by atoms with E-state index in [1.54, 1.807) is 0 Å². The molecule has 0 spiro atoms. The van der Waals surface area contributed by atoms with Crippen LogP contribution in [0.3, 0.4) is 0 Å². The molecule has 0 heterocycles. The molecule has 0 heteroatoms. The number of hydrogen-bond donors (Lipinski definition) is 0. The lowest BCUT2D eigenvalue weighted by atomic mass is 9.71. The Bertz CT molecular complexity index is 278. The van der Waals surface area contributed by atoms with Crippen molar-refractivity contribution in [3.05, 3.63) is 11.6 Å². The Hall–Kier alpha value is -0.260. The van der Waals surface area contributed by atoms with Gasteiger partial charge in [0.1, 0.15) is 0 Å². The Kier molecular flexibility index (Phi) is 6.86. The zero-order valence-corrected chi connectivity index (χ0v) is 15.2. The van der Waals surface area contributed by atoms with Crippen LogP contribution >= 0.6 is 0 Å². The molecule has 0 aromatic heterocycles. The molecule has 114 valence electrons. The summed E-state index contributed by atoms with van der Waals surface area (Å²) in [6, 6.07) is 0. The smallest absolute Gasteiger partial charge is 0.0180 e. The van der Waals surface area contributed by atoms with E-state index in [1.807, 2.05) is 0 Å². The summed E-state index contributed by atoms with van der Waals surface area (Å²) in [6.45, 7) is 23.5.